The number of thioether (sulfide) groups is 1. The topological polar surface area (TPSA) is 63.3 Å². The first-order valence-electron chi connectivity index (χ1n) is 6.47. The van der Waals surface area contributed by atoms with E-state index in [0.717, 1.165) is 16.0 Å². The van der Waals surface area contributed by atoms with Gasteiger partial charge in [0.2, 0.25) is 0 Å². The van der Waals surface area contributed by atoms with Crippen molar-refractivity contribution < 1.29 is 14.3 Å². The van der Waals surface area contributed by atoms with E-state index in [-0.39, 0.29) is 5.82 Å². The number of carboxylic acid groups (broad SMARTS) is 1. The maximum atomic E-state index is 13.0. The van der Waals surface area contributed by atoms with Crippen LogP contribution in [0.1, 0.15) is 24.0 Å². The van der Waals surface area contributed by atoms with E-state index in [2.05, 4.69) is 0 Å². The van der Waals surface area contributed by atoms with Gasteiger partial charge in [0, 0.05) is 16.3 Å². The summed E-state index contributed by atoms with van der Waals surface area (Å²) in [5, 5.41) is 8.96. The number of rotatable bonds is 5. The van der Waals surface area contributed by atoms with Crippen molar-refractivity contribution in [1.82, 2.24) is 0 Å². The first kappa shape index (κ1) is 15.4. The first-order chi connectivity index (χ1) is 9.97. The molecule has 0 saturated heterocycles. The molecule has 0 heterocycles. The lowest BCUT2D eigenvalue weighted by molar-refractivity contribution is -0.138. The lowest BCUT2D eigenvalue weighted by Crippen LogP contribution is -2.07. The van der Waals surface area contributed by atoms with E-state index in [1.54, 1.807) is 13.0 Å². The molecular formula is C16H16FNO2S. The molecule has 110 valence electrons. The molecule has 0 fully saturated rings. The Labute approximate surface area is 127 Å². The van der Waals surface area contributed by atoms with Crippen molar-refractivity contribution >= 4 is 23.4 Å². The van der Waals surface area contributed by atoms with E-state index in [9.17, 15) is 9.18 Å². The highest BCUT2D eigenvalue weighted by Gasteiger charge is 2.13. The molecule has 0 saturated carbocycles. The minimum atomic E-state index is -0.837. The molecule has 3 N–H and O–H groups in total. The van der Waals surface area contributed by atoms with Gasteiger partial charge in [-0.05, 0) is 36.2 Å². The molecule has 21 heavy (non-hydrogen) atoms. The van der Waals surface area contributed by atoms with Crippen LogP contribution in [-0.2, 0) is 10.5 Å². The summed E-state index contributed by atoms with van der Waals surface area (Å²) in [4.78, 5) is 11.7. The van der Waals surface area contributed by atoms with Gasteiger partial charge in [-0.3, -0.25) is 4.79 Å². The molecule has 0 aromatic heterocycles. The quantitative estimate of drug-likeness (QED) is 0.650. The van der Waals surface area contributed by atoms with E-state index in [1.165, 1.54) is 23.9 Å². The Hall–Kier alpha value is -2.01. The molecule has 0 radical (unpaired) electrons. The highest BCUT2D eigenvalue weighted by atomic mass is 32.2. The van der Waals surface area contributed by atoms with Gasteiger partial charge in [0.05, 0.1) is 5.92 Å². The van der Waals surface area contributed by atoms with Crippen LogP contribution in [0.5, 0.6) is 0 Å². The van der Waals surface area contributed by atoms with Crippen molar-refractivity contribution in [2.75, 3.05) is 5.73 Å². The summed E-state index contributed by atoms with van der Waals surface area (Å²) in [5.41, 5.74) is 8.02. The van der Waals surface area contributed by atoms with Crippen molar-refractivity contribution in [2.45, 2.75) is 23.5 Å². The third-order valence-electron chi connectivity index (χ3n) is 3.22. The highest BCUT2D eigenvalue weighted by Crippen LogP contribution is 2.29. The van der Waals surface area contributed by atoms with Gasteiger partial charge >= 0.3 is 5.97 Å². The molecule has 0 aliphatic heterocycles. The average molecular weight is 305 g/mol. The number of nitrogens with two attached hydrogens (primary N) is 1. The van der Waals surface area contributed by atoms with Gasteiger partial charge in [-0.25, -0.2) is 4.39 Å². The molecule has 0 bridgehead atoms. The molecule has 3 nitrogen and oxygen atoms in total. The van der Waals surface area contributed by atoms with Crippen LogP contribution in [0, 0.1) is 5.82 Å². The lowest BCUT2D eigenvalue weighted by atomic mass is 10.0. The summed E-state index contributed by atoms with van der Waals surface area (Å²) in [6.45, 7) is 1.66. The third kappa shape index (κ3) is 3.98. The number of hydrogen-bond donors (Lipinski definition) is 2. The largest absolute Gasteiger partial charge is 0.481 e. The molecule has 2 aromatic rings. The van der Waals surface area contributed by atoms with Crippen molar-refractivity contribution in [3.05, 3.63) is 59.4 Å². The minimum absolute atomic E-state index is 0.344. The maximum absolute atomic E-state index is 13.0. The first-order valence-corrected chi connectivity index (χ1v) is 7.45. The number of nitrogen functional groups attached to an aromatic ring is 1. The molecule has 1 unspecified atom stereocenters. The maximum Gasteiger partial charge on any atom is 0.310 e. The Morgan fingerprint density at radius 3 is 2.52 bits per heavy atom. The summed E-state index contributed by atoms with van der Waals surface area (Å²) < 4.78 is 13.0. The van der Waals surface area contributed by atoms with E-state index >= 15 is 0 Å². The molecule has 0 aliphatic carbocycles. The van der Waals surface area contributed by atoms with E-state index in [1.807, 2.05) is 24.3 Å². The number of carbonyl (C=O) groups is 1. The monoisotopic (exact) mass is 305 g/mol. The van der Waals surface area contributed by atoms with E-state index in [4.69, 9.17) is 10.8 Å². The van der Waals surface area contributed by atoms with Crippen molar-refractivity contribution in [3.8, 4) is 0 Å². The van der Waals surface area contributed by atoms with Gasteiger partial charge in [-0.15, -0.1) is 11.8 Å². The second-order valence-electron chi connectivity index (χ2n) is 4.77. The van der Waals surface area contributed by atoms with Crippen LogP contribution < -0.4 is 5.73 Å². The molecule has 5 heteroatoms. The second-order valence-corrected chi connectivity index (χ2v) is 5.79. The molecule has 0 aliphatic rings. The average Bonchev–Trinajstić information content (AvgIpc) is 2.46. The number of aliphatic carboxylic acids is 1. The molecule has 1 atom stereocenters. The van der Waals surface area contributed by atoms with Crippen LogP contribution in [0.3, 0.4) is 0 Å². The van der Waals surface area contributed by atoms with Crippen LogP contribution in [0.4, 0.5) is 10.1 Å². The zero-order valence-corrected chi connectivity index (χ0v) is 12.4. The molecule has 0 spiro atoms. The van der Waals surface area contributed by atoms with Crippen molar-refractivity contribution in [3.63, 3.8) is 0 Å². The Balaban J connectivity index is 2.02. The lowest BCUT2D eigenvalue weighted by Gasteiger charge is -2.08. The predicted octanol–water partition coefficient (Wildman–Crippen LogP) is 3.89. The molecule has 2 aromatic carbocycles. The zero-order valence-electron chi connectivity index (χ0n) is 11.5. The fourth-order valence-electron chi connectivity index (χ4n) is 1.86. The van der Waals surface area contributed by atoms with Gasteiger partial charge < -0.3 is 10.8 Å². The molecule has 2 rings (SSSR count). The molecule has 0 amide bonds. The smallest absolute Gasteiger partial charge is 0.310 e. The SMILES string of the molecule is CC(C(=O)O)c1ccc(CSc2ccc(F)cc2N)cc1. The third-order valence-corrected chi connectivity index (χ3v) is 4.38. The number of benzene rings is 2. The number of carboxylic acids is 1. The summed E-state index contributed by atoms with van der Waals surface area (Å²) in [6, 6.07) is 11.8. The Kier molecular flexibility index (Phi) is 4.85. The van der Waals surface area contributed by atoms with E-state index in [0.29, 0.717) is 11.4 Å². The Bertz CT molecular complexity index is 643. The van der Waals surface area contributed by atoms with Crippen LogP contribution in [0.2, 0.25) is 0 Å². The Morgan fingerprint density at radius 2 is 1.95 bits per heavy atom. The van der Waals surface area contributed by atoms with Gasteiger partial charge in [-0.2, -0.15) is 0 Å². The summed E-state index contributed by atoms with van der Waals surface area (Å²) in [7, 11) is 0. The summed E-state index contributed by atoms with van der Waals surface area (Å²) >= 11 is 1.52. The van der Waals surface area contributed by atoms with Crippen LogP contribution >= 0.6 is 11.8 Å². The normalized spacial score (nSPS) is 12.1. The molecular weight excluding hydrogens is 289 g/mol. The number of halogens is 1. The summed E-state index contributed by atoms with van der Waals surface area (Å²) in [6.07, 6.45) is 0. The highest BCUT2D eigenvalue weighted by molar-refractivity contribution is 7.98. The van der Waals surface area contributed by atoms with Crippen LogP contribution in [0.25, 0.3) is 0 Å². The fraction of sp³-hybridized carbons (Fsp3) is 0.188. The van der Waals surface area contributed by atoms with Gasteiger partial charge in [0.15, 0.2) is 0 Å². The number of hydrogen-bond acceptors (Lipinski definition) is 3. The van der Waals surface area contributed by atoms with Crippen molar-refractivity contribution in [2.24, 2.45) is 0 Å². The zero-order chi connectivity index (χ0) is 15.4. The van der Waals surface area contributed by atoms with Gasteiger partial charge in [0.25, 0.3) is 0 Å². The van der Waals surface area contributed by atoms with Crippen LogP contribution in [-0.4, -0.2) is 11.1 Å². The van der Waals surface area contributed by atoms with Gasteiger partial charge in [0.1, 0.15) is 5.82 Å². The minimum Gasteiger partial charge on any atom is -0.481 e. The summed E-state index contributed by atoms with van der Waals surface area (Å²) in [5.74, 6) is -1.00. The van der Waals surface area contributed by atoms with Crippen molar-refractivity contribution in [1.29, 1.82) is 0 Å². The Morgan fingerprint density at radius 1 is 1.29 bits per heavy atom. The predicted molar refractivity (Wildman–Crippen MR) is 82.9 cm³/mol. The van der Waals surface area contributed by atoms with Gasteiger partial charge in [-0.1, -0.05) is 24.3 Å². The van der Waals surface area contributed by atoms with Crippen LogP contribution in [0.15, 0.2) is 47.4 Å². The standard InChI is InChI=1S/C16H16FNO2S/c1-10(16(19)20)12-4-2-11(3-5-12)9-21-15-7-6-13(17)8-14(15)18/h2-8,10H,9,18H2,1H3,(H,19,20). The van der Waals surface area contributed by atoms with E-state index < -0.39 is 11.9 Å². The number of anilines is 1. The second kappa shape index (κ2) is 6.63. The fourth-order valence-corrected chi connectivity index (χ4v) is 2.76.